The van der Waals surface area contributed by atoms with Crippen LogP contribution in [0.25, 0.3) is 10.8 Å². The van der Waals surface area contributed by atoms with Crippen molar-refractivity contribution in [3.8, 4) is 5.75 Å². The lowest BCUT2D eigenvalue weighted by atomic mass is 10.1. The Morgan fingerprint density at radius 3 is 2.52 bits per heavy atom. The summed E-state index contributed by atoms with van der Waals surface area (Å²) in [5, 5.41) is 5.43. The van der Waals surface area contributed by atoms with Crippen LogP contribution in [-0.2, 0) is 0 Å². The van der Waals surface area contributed by atoms with Crippen molar-refractivity contribution in [3.05, 3.63) is 36.4 Å². The van der Waals surface area contributed by atoms with E-state index in [1.807, 2.05) is 12.1 Å². The second-order valence-electron chi connectivity index (χ2n) is 5.13. The van der Waals surface area contributed by atoms with E-state index in [9.17, 15) is 8.78 Å². The maximum atomic E-state index is 12.2. The van der Waals surface area contributed by atoms with Crippen LogP contribution in [0, 0.1) is 0 Å². The van der Waals surface area contributed by atoms with Crippen molar-refractivity contribution in [3.63, 3.8) is 0 Å². The molecule has 0 amide bonds. The van der Waals surface area contributed by atoms with Crippen molar-refractivity contribution in [2.75, 3.05) is 37.7 Å². The molecule has 2 aromatic rings. The van der Waals surface area contributed by atoms with Gasteiger partial charge in [-0.3, -0.25) is 0 Å². The number of benzene rings is 2. The van der Waals surface area contributed by atoms with Gasteiger partial charge in [-0.05, 0) is 35.0 Å². The molecule has 0 aromatic heterocycles. The van der Waals surface area contributed by atoms with E-state index in [0.717, 1.165) is 37.0 Å². The predicted molar refractivity (Wildman–Crippen MR) is 80.5 cm³/mol. The molecule has 1 fully saturated rings. The van der Waals surface area contributed by atoms with Gasteiger partial charge >= 0.3 is 0 Å². The van der Waals surface area contributed by atoms with Crippen LogP contribution in [0.2, 0.25) is 0 Å². The van der Waals surface area contributed by atoms with Crippen LogP contribution in [0.4, 0.5) is 14.5 Å². The van der Waals surface area contributed by atoms with Gasteiger partial charge in [0.25, 0.3) is 6.43 Å². The van der Waals surface area contributed by atoms with Gasteiger partial charge in [0.15, 0.2) is 0 Å². The zero-order valence-electron chi connectivity index (χ0n) is 11.7. The maximum Gasteiger partial charge on any atom is 0.272 e. The van der Waals surface area contributed by atoms with E-state index in [-0.39, 0.29) is 0 Å². The Morgan fingerprint density at radius 2 is 1.76 bits per heavy atom. The van der Waals surface area contributed by atoms with Crippen molar-refractivity contribution in [2.45, 2.75) is 6.43 Å². The summed E-state index contributed by atoms with van der Waals surface area (Å²) in [5.74, 6) is 0.484. The summed E-state index contributed by atoms with van der Waals surface area (Å²) >= 11 is 0. The number of ether oxygens (including phenoxy) is 1. The molecule has 1 heterocycles. The molecule has 21 heavy (non-hydrogen) atoms. The molecule has 3 nitrogen and oxygen atoms in total. The minimum Gasteiger partial charge on any atom is -0.488 e. The Hall–Kier alpha value is -1.88. The Kier molecular flexibility index (Phi) is 4.20. The third kappa shape index (κ3) is 3.42. The van der Waals surface area contributed by atoms with Crippen molar-refractivity contribution >= 4 is 16.5 Å². The van der Waals surface area contributed by atoms with Gasteiger partial charge in [0.2, 0.25) is 0 Å². The number of fused-ring (bicyclic) bond motifs is 1. The lowest BCUT2D eigenvalue weighted by molar-refractivity contribution is 0.0820. The van der Waals surface area contributed by atoms with E-state index in [0.29, 0.717) is 5.75 Å². The Morgan fingerprint density at radius 1 is 1.05 bits per heavy atom. The van der Waals surface area contributed by atoms with Crippen molar-refractivity contribution in [2.24, 2.45) is 0 Å². The molecular formula is C16H18F2N2O. The molecule has 112 valence electrons. The van der Waals surface area contributed by atoms with Gasteiger partial charge in [-0.25, -0.2) is 8.78 Å². The number of rotatable bonds is 4. The number of alkyl halides is 2. The highest BCUT2D eigenvalue weighted by Gasteiger charge is 2.11. The summed E-state index contributed by atoms with van der Waals surface area (Å²) < 4.78 is 29.4. The molecule has 1 saturated heterocycles. The first-order valence-electron chi connectivity index (χ1n) is 7.13. The van der Waals surface area contributed by atoms with Crippen LogP contribution in [0.5, 0.6) is 5.75 Å². The molecule has 0 aliphatic carbocycles. The van der Waals surface area contributed by atoms with Crippen molar-refractivity contribution in [1.29, 1.82) is 0 Å². The lowest BCUT2D eigenvalue weighted by Crippen LogP contribution is -2.43. The van der Waals surface area contributed by atoms with E-state index in [2.05, 4.69) is 22.3 Å². The molecule has 0 bridgehead atoms. The normalized spacial score (nSPS) is 15.7. The van der Waals surface area contributed by atoms with Crippen molar-refractivity contribution < 1.29 is 13.5 Å². The summed E-state index contributed by atoms with van der Waals surface area (Å²) in [4.78, 5) is 2.34. The fourth-order valence-electron chi connectivity index (χ4n) is 2.58. The van der Waals surface area contributed by atoms with Crippen LogP contribution >= 0.6 is 0 Å². The van der Waals surface area contributed by atoms with Crippen LogP contribution in [0.3, 0.4) is 0 Å². The number of nitrogens with one attached hydrogen (secondary N) is 1. The quantitative estimate of drug-likeness (QED) is 0.938. The number of anilines is 1. The predicted octanol–water partition coefficient (Wildman–Crippen LogP) is 2.89. The summed E-state index contributed by atoms with van der Waals surface area (Å²) in [7, 11) is 0. The van der Waals surface area contributed by atoms with Gasteiger partial charge in [-0.2, -0.15) is 0 Å². The second kappa shape index (κ2) is 6.26. The molecule has 1 aliphatic heterocycles. The molecule has 0 atom stereocenters. The topological polar surface area (TPSA) is 24.5 Å². The Labute approximate surface area is 122 Å². The molecular weight excluding hydrogens is 274 g/mol. The zero-order valence-corrected chi connectivity index (χ0v) is 11.7. The highest BCUT2D eigenvalue weighted by molar-refractivity contribution is 5.87. The third-order valence-electron chi connectivity index (χ3n) is 3.65. The minimum absolute atomic E-state index is 0.484. The second-order valence-corrected chi connectivity index (χ2v) is 5.13. The standard InChI is InChI=1S/C16H18F2N2O/c17-16(18)11-21-15-4-2-12-9-14(3-1-13(12)10-15)20-7-5-19-6-8-20/h1-4,9-10,16,19H,5-8,11H2. The number of halogens is 2. The van der Waals surface area contributed by atoms with Crippen LogP contribution in [-0.4, -0.2) is 39.2 Å². The molecule has 0 unspecified atom stereocenters. The number of hydrogen-bond acceptors (Lipinski definition) is 3. The third-order valence-corrected chi connectivity index (χ3v) is 3.65. The first kappa shape index (κ1) is 14.1. The Balaban J connectivity index is 1.80. The van der Waals surface area contributed by atoms with E-state index in [1.165, 1.54) is 5.69 Å². The molecule has 5 heteroatoms. The zero-order chi connectivity index (χ0) is 14.7. The summed E-state index contributed by atoms with van der Waals surface area (Å²) in [6.07, 6.45) is -2.45. The van der Waals surface area contributed by atoms with E-state index in [4.69, 9.17) is 4.74 Å². The van der Waals surface area contributed by atoms with Crippen molar-refractivity contribution in [1.82, 2.24) is 5.32 Å². The van der Waals surface area contributed by atoms with Gasteiger partial charge in [-0.15, -0.1) is 0 Å². The molecule has 0 saturated carbocycles. The summed E-state index contributed by atoms with van der Waals surface area (Å²) in [6.45, 7) is 3.43. The van der Waals surface area contributed by atoms with E-state index >= 15 is 0 Å². The first-order valence-corrected chi connectivity index (χ1v) is 7.13. The molecule has 0 radical (unpaired) electrons. The van der Waals surface area contributed by atoms with Crippen LogP contribution < -0.4 is 15.0 Å². The number of nitrogens with zero attached hydrogens (tertiary/aromatic N) is 1. The monoisotopic (exact) mass is 292 g/mol. The summed E-state index contributed by atoms with van der Waals surface area (Å²) in [5.41, 5.74) is 1.20. The van der Waals surface area contributed by atoms with Gasteiger partial charge in [-0.1, -0.05) is 12.1 Å². The largest absolute Gasteiger partial charge is 0.488 e. The van der Waals surface area contributed by atoms with Gasteiger partial charge in [0, 0.05) is 31.9 Å². The smallest absolute Gasteiger partial charge is 0.272 e. The summed E-state index contributed by atoms with van der Waals surface area (Å²) in [6, 6.07) is 11.7. The van der Waals surface area contributed by atoms with E-state index < -0.39 is 13.0 Å². The fraction of sp³-hybridized carbons (Fsp3) is 0.375. The Bertz CT molecular complexity index is 612. The average Bonchev–Trinajstić information content (AvgIpc) is 2.53. The highest BCUT2D eigenvalue weighted by atomic mass is 19.3. The van der Waals surface area contributed by atoms with Crippen LogP contribution in [0.15, 0.2) is 36.4 Å². The maximum absolute atomic E-state index is 12.2. The molecule has 0 spiro atoms. The fourth-order valence-corrected chi connectivity index (χ4v) is 2.58. The van der Waals surface area contributed by atoms with Gasteiger partial charge in [0.1, 0.15) is 12.4 Å². The molecule has 2 aromatic carbocycles. The minimum atomic E-state index is -2.45. The van der Waals surface area contributed by atoms with E-state index in [1.54, 1.807) is 12.1 Å². The number of hydrogen-bond donors (Lipinski definition) is 1. The first-order chi connectivity index (χ1) is 10.2. The average molecular weight is 292 g/mol. The van der Waals surface area contributed by atoms with Gasteiger partial charge < -0.3 is 15.0 Å². The molecule has 1 aliphatic rings. The highest BCUT2D eigenvalue weighted by Crippen LogP contribution is 2.26. The number of piperazine rings is 1. The SMILES string of the molecule is FC(F)COc1ccc2cc(N3CCNCC3)ccc2c1. The van der Waals surface area contributed by atoms with Gasteiger partial charge in [0.05, 0.1) is 0 Å². The van der Waals surface area contributed by atoms with Crippen LogP contribution in [0.1, 0.15) is 0 Å². The molecule has 1 N–H and O–H groups in total. The lowest BCUT2D eigenvalue weighted by Gasteiger charge is -2.29. The molecule has 3 rings (SSSR count).